The van der Waals surface area contributed by atoms with Crippen molar-refractivity contribution in [3.05, 3.63) is 24.1 Å². The van der Waals surface area contributed by atoms with Gasteiger partial charge in [0.15, 0.2) is 0 Å². The van der Waals surface area contributed by atoms with E-state index in [1.54, 1.807) is 11.1 Å². The van der Waals surface area contributed by atoms with Crippen molar-refractivity contribution in [2.75, 3.05) is 13.1 Å². The molecule has 2 aliphatic heterocycles. The molecule has 0 unspecified atom stereocenters. The molecule has 0 saturated heterocycles. The Hall–Kier alpha value is -0.476. The molecule has 0 aromatic carbocycles. The van der Waals surface area contributed by atoms with E-state index in [0.29, 0.717) is 31.8 Å². The normalized spacial score (nSPS) is 19.6. The molecule has 0 bridgehead atoms. The Morgan fingerprint density at radius 2 is 2.44 bits per heavy atom. The second-order valence-electron chi connectivity index (χ2n) is 3.51. The van der Waals surface area contributed by atoms with Crippen LogP contribution in [0.1, 0.15) is 19.8 Å². The zero-order chi connectivity index (χ0) is 10.7. The number of hydrogen-bond donors (Lipinski definition) is 0. The monoisotopic (exact) mass is 294 g/mol. The maximum atomic E-state index is 11.5. The SMILES string of the molecule is CC1=CCN=C(CN2C=[C-]CCC2=O)O1.[Y]. The third-order valence-corrected chi connectivity index (χ3v) is 2.28. The predicted octanol–water partition coefficient (Wildman–Crippen LogP) is 1.26. The Morgan fingerprint density at radius 3 is 3.12 bits per heavy atom. The average Bonchev–Trinajstić information content (AvgIpc) is 2.22. The molecule has 5 heteroatoms. The molecule has 0 aliphatic carbocycles. The number of aliphatic imine (C=N–C) groups is 1. The Morgan fingerprint density at radius 1 is 1.62 bits per heavy atom. The van der Waals surface area contributed by atoms with E-state index in [1.807, 2.05) is 13.0 Å². The molecule has 0 N–H and O–H groups in total. The third-order valence-electron chi connectivity index (χ3n) is 2.28. The average molecular weight is 294 g/mol. The molecule has 4 nitrogen and oxygen atoms in total. The fourth-order valence-corrected chi connectivity index (χ4v) is 1.47. The molecule has 2 heterocycles. The fourth-order valence-electron chi connectivity index (χ4n) is 1.47. The van der Waals surface area contributed by atoms with Crippen LogP contribution in [0.5, 0.6) is 0 Å². The van der Waals surface area contributed by atoms with E-state index in [4.69, 9.17) is 4.74 Å². The maximum Gasteiger partial charge on any atom is 0.221 e. The number of amides is 1. The zero-order valence-corrected chi connectivity index (χ0v) is 12.1. The van der Waals surface area contributed by atoms with E-state index in [1.165, 1.54) is 0 Å². The minimum atomic E-state index is 0. The van der Waals surface area contributed by atoms with Gasteiger partial charge in [0, 0.05) is 39.1 Å². The molecule has 0 spiro atoms. The maximum absolute atomic E-state index is 11.5. The van der Waals surface area contributed by atoms with Crippen molar-refractivity contribution < 1.29 is 42.2 Å². The largest absolute Gasteiger partial charge is 0.479 e. The van der Waals surface area contributed by atoms with Crippen molar-refractivity contribution in [1.82, 2.24) is 4.90 Å². The van der Waals surface area contributed by atoms with E-state index in [2.05, 4.69) is 11.1 Å². The molecule has 83 valence electrons. The van der Waals surface area contributed by atoms with E-state index in [-0.39, 0.29) is 38.6 Å². The number of ether oxygens (including phenoxy) is 1. The zero-order valence-electron chi connectivity index (χ0n) is 9.27. The predicted molar refractivity (Wildman–Crippen MR) is 55.9 cm³/mol. The van der Waals surface area contributed by atoms with Gasteiger partial charge < -0.3 is 15.7 Å². The van der Waals surface area contributed by atoms with Crippen molar-refractivity contribution in [1.29, 1.82) is 0 Å². The van der Waals surface area contributed by atoms with E-state index in [9.17, 15) is 4.79 Å². The van der Waals surface area contributed by atoms with Crippen molar-refractivity contribution in [2.24, 2.45) is 4.99 Å². The molecule has 0 atom stereocenters. The van der Waals surface area contributed by atoms with E-state index >= 15 is 0 Å². The number of hydrogen-bond acceptors (Lipinski definition) is 3. The Bertz CT molecular complexity index is 361. The van der Waals surface area contributed by atoms with Crippen LogP contribution >= 0.6 is 0 Å². The summed E-state index contributed by atoms with van der Waals surface area (Å²) >= 11 is 0. The Labute approximate surface area is 120 Å². The summed E-state index contributed by atoms with van der Waals surface area (Å²) in [6.07, 6.45) is 7.85. The molecule has 0 aromatic heterocycles. The summed E-state index contributed by atoms with van der Waals surface area (Å²) in [5, 5.41) is 0. The minimum Gasteiger partial charge on any atom is -0.479 e. The molecule has 1 radical (unpaired) electrons. The summed E-state index contributed by atoms with van der Waals surface area (Å²) in [5.74, 6) is 1.55. The number of rotatable bonds is 2. The van der Waals surface area contributed by atoms with Gasteiger partial charge in [-0.15, -0.1) is 0 Å². The number of nitrogens with zero attached hydrogens (tertiary/aromatic N) is 2. The first-order valence-corrected chi connectivity index (χ1v) is 5.00. The van der Waals surface area contributed by atoms with Crippen LogP contribution in [0, 0.1) is 6.08 Å². The van der Waals surface area contributed by atoms with Gasteiger partial charge in [0.1, 0.15) is 5.76 Å². The summed E-state index contributed by atoms with van der Waals surface area (Å²) in [6.45, 7) is 2.93. The molecule has 0 aromatic rings. The summed E-state index contributed by atoms with van der Waals surface area (Å²) in [5.41, 5.74) is 0. The molecular formula is C11H13N2O2Y-. The van der Waals surface area contributed by atoms with Crippen LogP contribution in [0.15, 0.2) is 23.0 Å². The third kappa shape index (κ3) is 3.53. The van der Waals surface area contributed by atoms with Crippen molar-refractivity contribution in [2.45, 2.75) is 19.8 Å². The molecule has 1 amide bonds. The quantitative estimate of drug-likeness (QED) is 0.719. The van der Waals surface area contributed by atoms with Gasteiger partial charge >= 0.3 is 0 Å². The number of carbonyl (C=O) groups is 1. The Kier molecular flexibility index (Phi) is 5.36. The van der Waals surface area contributed by atoms with Crippen molar-refractivity contribution >= 4 is 11.8 Å². The summed E-state index contributed by atoms with van der Waals surface area (Å²) in [6, 6.07) is 0. The Balaban J connectivity index is 0.00000128. The van der Waals surface area contributed by atoms with E-state index in [0.717, 1.165) is 5.76 Å². The number of allylic oxidation sites excluding steroid dienone is 2. The summed E-state index contributed by atoms with van der Waals surface area (Å²) < 4.78 is 5.41. The van der Waals surface area contributed by atoms with E-state index < -0.39 is 0 Å². The molecule has 2 aliphatic rings. The summed E-state index contributed by atoms with van der Waals surface area (Å²) in [7, 11) is 0. The van der Waals surface area contributed by atoms with Crippen LogP contribution in [0.4, 0.5) is 0 Å². The second-order valence-corrected chi connectivity index (χ2v) is 3.51. The topological polar surface area (TPSA) is 41.9 Å². The minimum absolute atomic E-state index is 0. The standard InChI is InChI=1S/C11H13N2O2.Y/c1-9-5-6-12-10(15-9)8-13-7-3-2-4-11(13)14;/h5,7H,2,4,6,8H2,1H3;/q-1;. The molecule has 16 heavy (non-hydrogen) atoms. The van der Waals surface area contributed by atoms with Gasteiger partial charge in [0.2, 0.25) is 11.8 Å². The second kappa shape index (κ2) is 6.31. The molecular weight excluding hydrogens is 281 g/mol. The van der Waals surface area contributed by atoms with Crippen LogP contribution in [-0.4, -0.2) is 29.8 Å². The van der Waals surface area contributed by atoms with Crippen molar-refractivity contribution in [3.63, 3.8) is 0 Å². The first kappa shape index (κ1) is 13.6. The van der Waals surface area contributed by atoms with Gasteiger partial charge in [-0.3, -0.25) is 4.79 Å². The van der Waals surface area contributed by atoms with Gasteiger partial charge in [-0.1, -0.05) is 0 Å². The van der Waals surface area contributed by atoms with Crippen LogP contribution < -0.4 is 0 Å². The summed E-state index contributed by atoms with van der Waals surface area (Å²) in [4.78, 5) is 17.3. The van der Waals surface area contributed by atoms with Gasteiger partial charge in [0.05, 0.1) is 13.1 Å². The van der Waals surface area contributed by atoms with Gasteiger partial charge in [0.25, 0.3) is 0 Å². The van der Waals surface area contributed by atoms with Gasteiger partial charge in [-0.05, 0) is 13.0 Å². The first-order chi connectivity index (χ1) is 7.25. The first-order valence-electron chi connectivity index (χ1n) is 5.00. The van der Waals surface area contributed by atoms with Crippen LogP contribution in [0.2, 0.25) is 0 Å². The molecule has 0 saturated carbocycles. The molecule has 0 fully saturated rings. The van der Waals surface area contributed by atoms with Crippen LogP contribution in [-0.2, 0) is 42.2 Å². The van der Waals surface area contributed by atoms with Gasteiger partial charge in [-0.25, -0.2) is 4.99 Å². The fraction of sp³-hybridized carbons (Fsp3) is 0.455. The van der Waals surface area contributed by atoms with Gasteiger partial charge in [-0.2, -0.15) is 12.6 Å². The number of carbonyl (C=O) groups excluding carboxylic acids is 1. The smallest absolute Gasteiger partial charge is 0.221 e. The van der Waals surface area contributed by atoms with Crippen LogP contribution in [0.25, 0.3) is 0 Å². The van der Waals surface area contributed by atoms with Crippen LogP contribution in [0.3, 0.4) is 0 Å². The van der Waals surface area contributed by atoms with Crippen molar-refractivity contribution in [3.8, 4) is 0 Å². The molecule has 2 rings (SSSR count).